The van der Waals surface area contributed by atoms with Crippen LogP contribution in [0.5, 0.6) is 0 Å². The van der Waals surface area contributed by atoms with Crippen molar-refractivity contribution in [3.63, 3.8) is 0 Å². The standard InChI is InChI=1S/C14H22N2O2S2/c1-5-16(9-12(4)14(15)19)20(17,18)13-7-6-10(2)8-11(13)3/h6-8,12H,5,9H2,1-4H3,(H2,15,19). The molecule has 0 saturated carbocycles. The summed E-state index contributed by atoms with van der Waals surface area (Å²) in [6.07, 6.45) is 0. The van der Waals surface area contributed by atoms with Crippen molar-refractivity contribution in [1.82, 2.24) is 4.31 Å². The summed E-state index contributed by atoms with van der Waals surface area (Å²) in [6.45, 7) is 8.10. The Labute approximate surface area is 127 Å². The van der Waals surface area contributed by atoms with Gasteiger partial charge in [0.25, 0.3) is 0 Å². The fourth-order valence-electron chi connectivity index (χ4n) is 2.02. The molecular weight excluding hydrogens is 292 g/mol. The summed E-state index contributed by atoms with van der Waals surface area (Å²) in [5.74, 6) is -0.148. The highest BCUT2D eigenvalue weighted by Crippen LogP contribution is 2.21. The number of benzene rings is 1. The predicted octanol–water partition coefficient (Wildman–Crippen LogP) is 2.24. The molecule has 0 radical (unpaired) electrons. The van der Waals surface area contributed by atoms with E-state index in [1.807, 2.05) is 39.8 Å². The molecule has 1 aromatic carbocycles. The molecule has 0 aromatic heterocycles. The lowest BCUT2D eigenvalue weighted by atomic mass is 10.2. The van der Waals surface area contributed by atoms with Gasteiger partial charge in [-0.2, -0.15) is 4.31 Å². The average molecular weight is 314 g/mol. The molecule has 2 N–H and O–H groups in total. The lowest BCUT2D eigenvalue weighted by molar-refractivity contribution is 0.405. The highest BCUT2D eigenvalue weighted by Gasteiger charge is 2.26. The van der Waals surface area contributed by atoms with E-state index < -0.39 is 10.0 Å². The second-order valence-corrected chi connectivity index (χ2v) is 7.41. The molecule has 112 valence electrons. The maximum Gasteiger partial charge on any atom is 0.243 e. The van der Waals surface area contributed by atoms with Crippen molar-refractivity contribution in [2.24, 2.45) is 11.7 Å². The van der Waals surface area contributed by atoms with Gasteiger partial charge in [-0.25, -0.2) is 8.42 Å². The summed E-state index contributed by atoms with van der Waals surface area (Å²) < 4.78 is 26.8. The predicted molar refractivity (Wildman–Crippen MR) is 86.3 cm³/mol. The van der Waals surface area contributed by atoms with Crippen molar-refractivity contribution < 1.29 is 8.42 Å². The second kappa shape index (κ2) is 6.65. The molecule has 20 heavy (non-hydrogen) atoms. The lowest BCUT2D eigenvalue weighted by Gasteiger charge is -2.24. The van der Waals surface area contributed by atoms with Crippen LogP contribution in [0.15, 0.2) is 23.1 Å². The number of hydrogen-bond acceptors (Lipinski definition) is 3. The third-order valence-corrected chi connectivity index (χ3v) is 5.77. The summed E-state index contributed by atoms with van der Waals surface area (Å²) >= 11 is 4.92. The van der Waals surface area contributed by atoms with Crippen LogP contribution in [0.4, 0.5) is 0 Å². The van der Waals surface area contributed by atoms with Crippen LogP contribution in [0.25, 0.3) is 0 Å². The van der Waals surface area contributed by atoms with E-state index in [4.69, 9.17) is 18.0 Å². The van der Waals surface area contributed by atoms with Gasteiger partial charge in [0.2, 0.25) is 10.0 Å². The molecule has 0 aliphatic rings. The number of rotatable bonds is 6. The molecule has 0 aliphatic heterocycles. The van der Waals surface area contributed by atoms with E-state index in [0.29, 0.717) is 23.0 Å². The van der Waals surface area contributed by atoms with Gasteiger partial charge in [0.15, 0.2) is 0 Å². The lowest BCUT2D eigenvalue weighted by Crippen LogP contribution is -2.38. The molecular formula is C14H22N2O2S2. The number of aryl methyl sites for hydroxylation is 2. The average Bonchev–Trinajstić information content (AvgIpc) is 2.34. The monoisotopic (exact) mass is 314 g/mol. The molecule has 6 heteroatoms. The molecule has 0 saturated heterocycles. The van der Waals surface area contributed by atoms with Crippen LogP contribution in [0.2, 0.25) is 0 Å². The molecule has 0 heterocycles. The first-order valence-electron chi connectivity index (χ1n) is 6.56. The Kier molecular flexibility index (Phi) is 5.68. The van der Waals surface area contributed by atoms with Crippen LogP contribution in [0.1, 0.15) is 25.0 Å². The molecule has 0 aliphatic carbocycles. The van der Waals surface area contributed by atoms with E-state index in [1.165, 1.54) is 4.31 Å². The molecule has 1 unspecified atom stereocenters. The van der Waals surface area contributed by atoms with E-state index in [9.17, 15) is 8.42 Å². The molecule has 0 fully saturated rings. The van der Waals surface area contributed by atoms with Crippen molar-refractivity contribution in [1.29, 1.82) is 0 Å². The summed E-state index contributed by atoms with van der Waals surface area (Å²) in [7, 11) is -3.51. The number of sulfonamides is 1. The number of hydrogen-bond donors (Lipinski definition) is 1. The van der Waals surface area contributed by atoms with E-state index >= 15 is 0 Å². The van der Waals surface area contributed by atoms with Gasteiger partial charge in [0.05, 0.1) is 9.88 Å². The molecule has 1 aromatic rings. The van der Waals surface area contributed by atoms with E-state index in [1.54, 1.807) is 6.07 Å². The molecule has 1 atom stereocenters. The first kappa shape index (κ1) is 17.1. The summed E-state index contributed by atoms with van der Waals surface area (Å²) in [6, 6.07) is 5.34. The zero-order valence-corrected chi connectivity index (χ0v) is 14.0. The minimum absolute atomic E-state index is 0.148. The Morgan fingerprint density at radius 2 is 2.00 bits per heavy atom. The third kappa shape index (κ3) is 3.77. The van der Waals surface area contributed by atoms with Crippen LogP contribution >= 0.6 is 12.2 Å². The summed E-state index contributed by atoms with van der Waals surface area (Å²) in [5, 5.41) is 0. The Morgan fingerprint density at radius 3 is 2.45 bits per heavy atom. The maximum atomic E-state index is 12.7. The highest BCUT2D eigenvalue weighted by atomic mass is 32.2. The normalized spacial score (nSPS) is 13.4. The van der Waals surface area contributed by atoms with Crippen molar-refractivity contribution in [2.45, 2.75) is 32.6 Å². The van der Waals surface area contributed by atoms with Gasteiger partial charge in [0, 0.05) is 19.0 Å². The third-order valence-electron chi connectivity index (χ3n) is 3.26. The zero-order valence-electron chi connectivity index (χ0n) is 12.4. The Morgan fingerprint density at radius 1 is 1.40 bits per heavy atom. The fraction of sp³-hybridized carbons (Fsp3) is 0.500. The van der Waals surface area contributed by atoms with Crippen molar-refractivity contribution in [2.75, 3.05) is 13.1 Å². The Balaban J connectivity index is 3.15. The van der Waals surface area contributed by atoms with Crippen molar-refractivity contribution in [3.05, 3.63) is 29.3 Å². The van der Waals surface area contributed by atoms with Gasteiger partial charge in [0.1, 0.15) is 0 Å². The van der Waals surface area contributed by atoms with Crippen LogP contribution in [0, 0.1) is 19.8 Å². The smallest absolute Gasteiger partial charge is 0.243 e. The maximum absolute atomic E-state index is 12.7. The van der Waals surface area contributed by atoms with Gasteiger partial charge in [-0.15, -0.1) is 0 Å². The van der Waals surface area contributed by atoms with Crippen molar-refractivity contribution >= 4 is 27.2 Å². The minimum atomic E-state index is -3.51. The number of nitrogens with two attached hydrogens (primary N) is 1. The minimum Gasteiger partial charge on any atom is -0.393 e. The van der Waals surface area contributed by atoms with Crippen molar-refractivity contribution in [3.8, 4) is 0 Å². The SMILES string of the molecule is CCN(CC(C)C(N)=S)S(=O)(=O)c1ccc(C)cc1C. The quantitative estimate of drug-likeness (QED) is 0.818. The van der Waals surface area contributed by atoms with E-state index in [-0.39, 0.29) is 5.92 Å². The molecule has 0 amide bonds. The first-order chi connectivity index (χ1) is 9.20. The molecule has 4 nitrogen and oxygen atoms in total. The van der Waals surface area contributed by atoms with Gasteiger partial charge < -0.3 is 5.73 Å². The highest BCUT2D eigenvalue weighted by molar-refractivity contribution is 7.89. The molecule has 1 rings (SSSR count). The summed E-state index contributed by atoms with van der Waals surface area (Å²) in [5.41, 5.74) is 7.38. The Hall–Kier alpha value is -0.980. The molecule has 0 bridgehead atoms. The zero-order chi connectivity index (χ0) is 15.5. The van der Waals surface area contributed by atoms with Crippen LogP contribution in [0.3, 0.4) is 0 Å². The van der Waals surface area contributed by atoms with Crippen LogP contribution in [-0.4, -0.2) is 30.8 Å². The van der Waals surface area contributed by atoms with Gasteiger partial charge in [-0.05, 0) is 25.5 Å². The van der Waals surface area contributed by atoms with Crippen LogP contribution < -0.4 is 5.73 Å². The topological polar surface area (TPSA) is 63.4 Å². The van der Waals surface area contributed by atoms with Gasteiger partial charge in [-0.3, -0.25) is 0 Å². The van der Waals surface area contributed by atoms with Gasteiger partial charge >= 0.3 is 0 Å². The number of nitrogens with zero attached hydrogens (tertiary/aromatic N) is 1. The second-order valence-electron chi connectivity index (χ2n) is 5.03. The summed E-state index contributed by atoms with van der Waals surface area (Å²) in [4.78, 5) is 0.680. The number of thiocarbonyl (C=S) groups is 1. The van der Waals surface area contributed by atoms with Gasteiger partial charge in [-0.1, -0.05) is 43.8 Å². The fourth-order valence-corrected chi connectivity index (χ4v) is 3.84. The largest absolute Gasteiger partial charge is 0.393 e. The van der Waals surface area contributed by atoms with E-state index in [2.05, 4.69) is 0 Å². The Bertz CT molecular complexity index is 597. The first-order valence-corrected chi connectivity index (χ1v) is 8.41. The van der Waals surface area contributed by atoms with Crippen LogP contribution in [-0.2, 0) is 10.0 Å². The molecule has 0 spiro atoms. The van der Waals surface area contributed by atoms with E-state index in [0.717, 1.165) is 11.1 Å².